The number of aromatic amines is 1. The highest BCUT2D eigenvalue weighted by Gasteiger charge is 2.11. The van der Waals surface area contributed by atoms with E-state index >= 15 is 0 Å². The molecule has 0 aliphatic rings. The maximum absolute atomic E-state index is 12.3. The zero-order valence-electron chi connectivity index (χ0n) is 10.5. The summed E-state index contributed by atoms with van der Waals surface area (Å²) in [6.45, 7) is 0. The highest BCUT2D eigenvalue weighted by Crippen LogP contribution is 2.18. The minimum absolute atomic E-state index is 0.193. The fraction of sp³-hybridized carbons (Fsp3) is 0.0714. The molecule has 1 unspecified atom stereocenters. The van der Waals surface area contributed by atoms with Gasteiger partial charge in [0, 0.05) is 5.69 Å². The van der Waals surface area contributed by atoms with E-state index in [1.165, 1.54) is 0 Å². The number of phenols is 1. The van der Waals surface area contributed by atoms with Gasteiger partial charge in [0.2, 0.25) is 0 Å². The van der Waals surface area contributed by atoms with E-state index in [2.05, 4.69) is 9.97 Å². The van der Waals surface area contributed by atoms with Crippen LogP contribution in [0.15, 0.2) is 47.6 Å². The van der Waals surface area contributed by atoms with Crippen molar-refractivity contribution < 1.29 is 9.32 Å². The molecule has 0 bridgehead atoms. The molecule has 1 atom stereocenters. The molecular weight excluding hydrogens is 274 g/mol. The number of fused-ring (bicyclic) bond motifs is 1. The molecule has 0 fully saturated rings. The molecule has 102 valence electrons. The molecule has 0 saturated heterocycles. The Balaban J connectivity index is 1.86. The molecule has 0 aliphatic carbocycles. The number of nitrogens with one attached hydrogen (secondary N) is 1. The second-order valence-corrected chi connectivity index (χ2v) is 5.84. The van der Waals surface area contributed by atoms with Gasteiger partial charge in [0.25, 0.3) is 0 Å². The number of nitrogens with two attached hydrogens (primary N) is 1. The second-order valence-electron chi connectivity index (χ2n) is 4.47. The molecule has 5 nitrogen and oxygen atoms in total. The molecule has 3 aromatic rings. The van der Waals surface area contributed by atoms with Crippen molar-refractivity contribution in [1.29, 1.82) is 0 Å². The Hall–Kier alpha value is -2.34. The number of hydrogen-bond acceptors (Lipinski definition) is 4. The number of H-pyrrole nitrogens is 1. The lowest BCUT2D eigenvalue weighted by Crippen LogP contribution is -1.98. The van der Waals surface area contributed by atoms with Gasteiger partial charge >= 0.3 is 0 Å². The maximum atomic E-state index is 12.3. The molecular formula is C14H13N3O2S. The van der Waals surface area contributed by atoms with Crippen LogP contribution in [0.2, 0.25) is 0 Å². The smallest absolute Gasteiger partial charge is 0.197 e. The number of anilines is 1. The lowest BCUT2D eigenvalue weighted by atomic mass is 10.2. The minimum atomic E-state index is -1.27. The maximum Gasteiger partial charge on any atom is 0.197 e. The van der Waals surface area contributed by atoms with Crippen LogP contribution in [0.3, 0.4) is 0 Å². The molecule has 3 rings (SSSR count). The van der Waals surface area contributed by atoms with Crippen molar-refractivity contribution >= 4 is 27.5 Å². The summed E-state index contributed by atoms with van der Waals surface area (Å²) < 4.78 is 12.3. The van der Waals surface area contributed by atoms with Crippen molar-refractivity contribution in [3.8, 4) is 5.75 Å². The fourth-order valence-corrected chi connectivity index (χ4v) is 2.98. The van der Waals surface area contributed by atoms with Crippen molar-refractivity contribution in [2.45, 2.75) is 10.9 Å². The Kier molecular flexibility index (Phi) is 3.15. The molecule has 1 aromatic heterocycles. The summed E-state index contributed by atoms with van der Waals surface area (Å²) in [6.07, 6.45) is 0. The Bertz CT molecular complexity index is 781. The normalized spacial score (nSPS) is 12.6. The van der Waals surface area contributed by atoms with Crippen molar-refractivity contribution in [2.75, 3.05) is 5.73 Å². The Morgan fingerprint density at radius 3 is 2.70 bits per heavy atom. The van der Waals surface area contributed by atoms with Crippen molar-refractivity contribution in [2.24, 2.45) is 0 Å². The number of aromatic nitrogens is 2. The number of aromatic hydroxyl groups is 1. The number of hydrogen-bond donors (Lipinski definition) is 3. The lowest BCUT2D eigenvalue weighted by Gasteiger charge is -1.99. The van der Waals surface area contributed by atoms with Gasteiger partial charge in [0.05, 0.1) is 27.6 Å². The summed E-state index contributed by atoms with van der Waals surface area (Å²) in [6, 6.07) is 12.0. The Labute approximate surface area is 117 Å². The lowest BCUT2D eigenvalue weighted by molar-refractivity contribution is 0.475. The van der Waals surface area contributed by atoms with E-state index in [1.807, 2.05) is 0 Å². The first-order chi connectivity index (χ1) is 9.61. The predicted octanol–water partition coefficient (Wildman–Crippen LogP) is 2.16. The van der Waals surface area contributed by atoms with Gasteiger partial charge in [-0.15, -0.1) is 0 Å². The van der Waals surface area contributed by atoms with Gasteiger partial charge in [-0.3, -0.25) is 4.21 Å². The first kappa shape index (κ1) is 12.7. The molecule has 0 saturated carbocycles. The Morgan fingerprint density at radius 2 is 1.95 bits per heavy atom. The van der Waals surface area contributed by atoms with Crippen LogP contribution in [0.4, 0.5) is 5.69 Å². The number of imidazole rings is 1. The quantitative estimate of drug-likeness (QED) is 0.644. The van der Waals surface area contributed by atoms with E-state index in [-0.39, 0.29) is 5.75 Å². The van der Waals surface area contributed by atoms with Gasteiger partial charge in [0.1, 0.15) is 5.75 Å². The van der Waals surface area contributed by atoms with Crippen LogP contribution in [-0.2, 0) is 16.6 Å². The zero-order chi connectivity index (χ0) is 14.1. The fourth-order valence-electron chi connectivity index (χ4n) is 1.92. The van der Waals surface area contributed by atoms with Crippen molar-refractivity contribution in [1.82, 2.24) is 9.97 Å². The van der Waals surface area contributed by atoms with E-state index in [0.717, 1.165) is 16.6 Å². The van der Waals surface area contributed by atoms with Crippen LogP contribution in [0.5, 0.6) is 5.75 Å². The second kappa shape index (κ2) is 4.97. The van der Waals surface area contributed by atoms with Gasteiger partial charge in [0.15, 0.2) is 5.16 Å². The summed E-state index contributed by atoms with van der Waals surface area (Å²) in [7, 11) is -1.27. The molecule has 6 heteroatoms. The predicted molar refractivity (Wildman–Crippen MR) is 78.7 cm³/mol. The average Bonchev–Trinajstić information content (AvgIpc) is 2.84. The highest BCUT2D eigenvalue weighted by molar-refractivity contribution is 7.84. The van der Waals surface area contributed by atoms with Gasteiger partial charge < -0.3 is 15.8 Å². The van der Waals surface area contributed by atoms with E-state index in [4.69, 9.17) is 5.73 Å². The van der Waals surface area contributed by atoms with Crippen LogP contribution in [0, 0.1) is 0 Å². The minimum Gasteiger partial charge on any atom is -0.508 e. The molecule has 2 aromatic carbocycles. The van der Waals surface area contributed by atoms with E-state index in [1.54, 1.807) is 42.5 Å². The molecule has 0 aliphatic heterocycles. The largest absolute Gasteiger partial charge is 0.508 e. The number of nitrogens with zero attached hydrogens (tertiary/aromatic N) is 1. The van der Waals surface area contributed by atoms with E-state index in [9.17, 15) is 9.32 Å². The Morgan fingerprint density at radius 1 is 1.20 bits per heavy atom. The van der Waals surface area contributed by atoms with Crippen LogP contribution in [0.25, 0.3) is 11.0 Å². The first-order valence-corrected chi connectivity index (χ1v) is 7.35. The van der Waals surface area contributed by atoms with E-state index in [0.29, 0.717) is 16.6 Å². The van der Waals surface area contributed by atoms with Crippen molar-refractivity contribution in [3.05, 3.63) is 48.0 Å². The SMILES string of the molecule is Nc1ccc2nc(S(=O)Cc3ccc(O)cc3)[nH]c2c1. The van der Waals surface area contributed by atoms with Gasteiger partial charge in [-0.2, -0.15) is 0 Å². The summed E-state index contributed by atoms with van der Waals surface area (Å²) >= 11 is 0. The van der Waals surface area contributed by atoms with Crippen LogP contribution in [-0.4, -0.2) is 19.3 Å². The number of nitrogen functional groups attached to an aromatic ring is 1. The molecule has 20 heavy (non-hydrogen) atoms. The average molecular weight is 287 g/mol. The standard InChI is InChI=1S/C14H13N3O2S/c15-10-3-6-12-13(7-10)17-14(16-12)20(19)8-9-1-4-11(18)5-2-9/h1-7,18H,8,15H2,(H,16,17). The molecule has 1 heterocycles. The highest BCUT2D eigenvalue weighted by atomic mass is 32.2. The van der Waals surface area contributed by atoms with Gasteiger partial charge in [-0.1, -0.05) is 12.1 Å². The zero-order valence-corrected chi connectivity index (χ0v) is 11.4. The molecule has 0 amide bonds. The van der Waals surface area contributed by atoms with Crippen LogP contribution >= 0.6 is 0 Å². The summed E-state index contributed by atoms with van der Waals surface area (Å²) in [5.74, 6) is 0.536. The topological polar surface area (TPSA) is 92.0 Å². The van der Waals surface area contributed by atoms with Gasteiger partial charge in [-0.25, -0.2) is 4.98 Å². The summed E-state index contributed by atoms with van der Waals surface area (Å²) in [4.78, 5) is 7.33. The van der Waals surface area contributed by atoms with E-state index < -0.39 is 10.8 Å². The molecule has 0 radical (unpaired) electrons. The number of benzene rings is 2. The van der Waals surface area contributed by atoms with Crippen LogP contribution in [0.1, 0.15) is 5.56 Å². The molecule has 4 N–H and O–H groups in total. The monoisotopic (exact) mass is 287 g/mol. The summed E-state index contributed by atoms with van der Waals surface area (Å²) in [5, 5.41) is 9.65. The summed E-state index contributed by atoms with van der Waals surface area (Å²) in [5.41, 5.74) is 8.73. The third kappa shape index (κ3) is 2.50. The number of phenolic OH excluding ortho intramolecular Hbond substituents is 1. The van der Waals surface area contributed by atoms with Crippen molar-refractivity contribution in [3.63, 3.8) is 0 Å². The number of rotatable bonds is 3. The van der Waals surface area contributed by atoms with Crippen LogP contribution < -0.4 is 5.73 Å². The molecule has 0 spiro atoms. The van der Waals surface area contributed by atoms with Gasteiger partial charge in [-0.05, 0) is 35.9 Å². The third-order valence-electron chi connectivity index (χ3n) is 2.93. The first-order valence-electron chi connectivity index (χ1n) is 6.03. The third-order valence-corrected chi connectivity index (χ3v) is 4.15.